The largest absolute Gasteiger partial charge is 0.234 e. The molecule has 0 bridgehead atoms. The number of benzene rings is 1. The Kier molecular flexibility index (Phi) is 4.65. The molecule has 2 heterocycles. The van der Waals surface area contributed by atoms with Crippen LogP contribution in [0.2, 0.25) is 0 Å². The Morgan fingerprint density at radius 1 is 1.17 bits per heavy atom. The van der Waals surface area contributed by atoms with Gasteiger partial charge >= 0.3 is 0 Å². The molecule has 1 N–H and O–H groups in total. The summed E-state index contributed by atoms with van der Waals surface area (Å²) in [4.78, 5) is 0. The van der Waals surface area contributed by atoms with Crippen molar-refractivity contribution < 1.29 is 8.42 Å². The normalized spacial score (nSPS) is 12.0. The molecule has 0 aliphatic heterocycles. The van der Waals surface area contributed by atoms with Crippen LogP contribution in [0.15, 0.2) is 59.4 Å². The molecule has 8 heteroatoms. The molecule has 0 fully saturated rings. The highest BCUT2D eigenvalue weighted by atomic mass is 32.2. The Morgan fingerprint density at radius 2 is 2.00 bits per heavy atom. The highest BCUT2D eigenvalue weighted by Crippen LogP contribution is 2.13. The fourth-order valence-corrected chi connectivity index (χ4v) is 3.27. The maximum Gasteiger partial charge on any atom is 0.234 e. The number of nitrogens with one attached hydrogen (secondary N) is 1. The summed E-state index contributed by atoms with van der Waals surface area (Å²) >= 11 is 1.53. The van der Waals surface area contributed by atoms with Crippen LogP contribution >= 0.6 is 11.3 Å². The van der Waals surface area contributed by atoms with Crippen LogP contribution in [0.3, 0.4) is 0 Å². The van der Waals surface area contributed by atoms with Gasteiger partial charge in [0.25, 0.3) is 0 Å². The van der Waals surface area contributed by atoms with E-state index in [-0.39, 0.29) is 6.54 Å². The Hall–Kier alpha value is -2.29. The van der Waals surface area contributed by atoms with Gasteiger partial charge in [-0.3, -0.25) is 0 Å². The van der Waals surface area contributed by atoms with Crippen molar-refractivity contribution in [3.8, 4) is 5.00 Å². The third-order valence-corrected chi connectivity index (χ3v) is 4.87. The SMILES string of the molecule is O=S(=O)(/C=C/c1ccccc1)NCc1cn(-c2cccs2)nn1. The minimum atomic E-state index is -3.53. The van der Waals surface area contributed by atoms with Crippen molar-refractivity contribution in [3.05, 3.63) is 70.7 Å². The molecule has 3 aromatic rings. The van der Waals surface area contributed by atoms with Crippen molar-refractivity contribution in [2.24, 2.45) is 0 Å². The van der Waals surface area contributed by atoms with E-state index in [0.717, 1.165) is 16.0 Å². The molecular weight excluding hydrogens is 332 g/mol. The molecule has 0 atom stereocenters. The molecule has 0 unspecified atom stereocenters. The van der Waals surface area contributed by atoms with E-state index in [0.29, 0.717) is 5.69 Å². The first-order valence-corrected chi connectivity index (χ1v) is 9.23. The maximum absolute atomic E-state index is 12.0. The topological polar surface area (TPSA) is 76.9 Å². The number of aromatic nitrogens is 3. The van der Waals surface area contributed by atoms with Crippen molar-refractivity contribution in [2.45, 2.75) is 6.54 Å². The number of thiophene rings is 1. The molecule has 0 spiro atoms. The zero-order valence-corrected chi connectivity index (χ0v) is 13.7. The highest BCUT2D eigenvalue weighted by molar-refractivity contribution is 7.92. The van der Waals surface area contributed by atoms with Gasteiger partial charge in [-0.2, -0.15) is 0 Å². The van der Waals surface area contributed by atoms with E-state index in [1.165, 1.54) is 11.3 Å². The third kappa shape index (κ3) is 4.35. The van der Waals surface area contributed by atoms with Crippen LogP contribution in [-0.4, -0.2) is 23.4 Å². The van der Waals surface area contributed by atoms with Crippen LogP contribution in [-0.2, 0) is 16.6 Å². The lowest BCUT2D eigenvalue weighted by Crippen LogP contribution is -2.20. The van der Waals surface area contributed by atoms with Gasteiger partial charge < -0.3 is 0 Å². The standard InChI is InChI=1S/C15H14N4O2S2/c20-23(21,10-8-13-5-2-1-3-6-13)16-11-14-12-19(18-17-14)15-7-4-9-22-15/h1-10,12,16H,11H2/b10-8+. The molecule has 6 nitrogen and oxygen atoms in total. The van der Waals surface area contributed by atoms with E-state index in [2.05, 4.69) is 15.0 Å². The predicted octanol–water partition coefficient (Wildman–Crippen LogP) is 2.42. The summed E-state index contributed by atoms with van der Waals surface area (Å²) in [6.45, 7) is 0.0901. The molecule has 0 aliphatic carbocycles. The number of sulfonamides is 1. The first-order chi connectivity index (χ1) is 11.1. The second-order valence-corrected chi connectivity index (χ2v) is 7.26. The molecule has 0 amide bonds. The quantitative estimate of drug-likeness (QED) is 0.744. The van der Waals surface area contributed by atoms with Crippen molar-refractivity contribution in [1.29, 1.82) is 0 Å². The van der Waals surface area contributed by atoms with Gasteiger partial charge in [0.2, 0.25) is 10.0 Å². The average Bonchev–Trinajstić information content (AvgIpc) is 3.23. The Balaban J connectivity index is 1.62. The maximum atomic E-state index is 12.0. The Labute approximate surface area is 138 Å². The van der Waals surface area contributed by atoms with Gasteiger partial charge in [-0.1, -0.05) is 35.5 Å². The van der Waals surface area contributed by atoms with Crippen LogP contribution in [0.4, 0.5) is 0 Å². The zero-order chi connectivity index (χ0) is 16.1. The van der Waals surface area contributed by atoms with E-state index < -0.39 is 10.0 Å². The molecule has 0 saturated carbocycles. The first-order valence-electron chi connectivity index (χ1n) is 6.80. The molecule has 0 aliphatic rings. The van der Waals surface area contributed by atoms with E-state index in [4.69, 9.17) is 0 Å². The summed E-state index contributed by atoms with van der Waals surface area (Å²) in [5.74, 6) is 0. The van der Waals surface area contributed by atoms with Gasteiger partial charge in [0.1, 0.15) is 5.00 Å². The minimum absolute atomic E-state index is 0.0901. The lowest BCUT2D eigenvalue weighted by Gasteiger charge is -1.99. The van der Waals surface area contributed by atoms with E-state index in [1.54, 1.807) is 17.0 Å². The summed E-state index contributed by atoms with van der Waals surface area (Å²) in [6.07, 6.45) is 3.25. The Morgan fingerprint density at radius 3 is 2.74 bits per heavy atom. The van der Waals surface area contributed by atoms with E-state index in [9.17, 15) is 8.42 Å². The van der Waals surface area contributed by atoms with Crippen LogP contribution in [0.5, 0.6) is 0 Å². The Bertz CT molecular complexity index is 885. The van der Waals surface area contributed by atoms with Crippen molar-refractivity contribution >= 4 is 27.4 Å². The van der Waals surface area contributed by atoms with Crippen LogP contribution in [0.25, 0.3) is 11.1 Å². The van der Waals surface area contributed by atoms with Crippen LogP contribution in [0.1, 0.15) is 11.3 Å². The molecule has 0 radical (unpaired) electrons. The van der Waals surface area contributed by atoms with Crippen molar-refractivity contribution in [2.75, 3.05) is 0 Å². The molecule has 3 rings (SSSR count). The molecule has 0 saturated heterocycles. The zero-order valence-electron chi connectivity index (χ0n) is 12.0. The molecule has 23 heavy (non-hydrogen) atoms. The minimum Gasteiger partial charge on any atom is -0.210 e. The molecule has 1 aromatic carbocycles. The van der Waals surface area contributed by atoms with Gasteiger partial charge in [-0.15, -0.1) is 16.4 Å². The fourth-order valence-electron chi connectivity index (χ4n) is 1.84. The fraction of sp³-hybridized carbons (Fsp3) is 0.0667. The van der Waals surface area contributed by atoms with Crippen LogP contribution in [0, 0.1) is 0 Å². The average molecular weight is 346 g/mol. The summed E-state index contributed by atoms with van der Waals surface area (Å²) in [5, 5.41) is 11.9. The molecule has 118 valence electrons. The number of rotatable bonds is 6. The van der Waals surface area contributed by atoms with E-state index >= 15 is 0 Å². The van der Waals surface area contributed by atoms with Gasteiger partial charge in [0.05, 0.1) is 18.4 Å². The second-order valence-electron chi connectivity index (χ2n) is 4.69. The summed E-state index contributed by atoms with van der Waals surface area (Å²) in [5.41, 5.74) is 1.37. The third-order valence-electron chi connectivity index (χ3n) is 2.97. The smallest absolute Gasteiger partial charge is 0.210 e. The van der Waals surface area contributed by atoms with Gasteiger partial charge in [-0.05, 0) is 29.2 Å². The van der Waals surface area contributed by atoms with Crippen LogP contribution < -0.4 is 4.72 Å². The highest BCUT2D eigenvalue weighted by Gasteiger charge is 2.08. The monoisotopic (exact) mass is 346 g/mol. The molecular formula is C15H14N4O2S2. The van der Waals surface area contributed by atoms with Crippen molar-refractivity contribution in [3.63, 3.8) is 0 Å². The van der Waals surface area contributed by atoms with Gasteiger partial charge in [0, 0.05) is 5.41 Å². The second kappa shape index (κ2) is 6.86. The first kappa shape index (κ1) is 15.6. The summed E-state index contributed by atoms with van der Waals surface area (Å²) < 4.78 is 28.0. The summed E-state index contributed by atoms with van der Waals surface area (Å²) in [7, 11) is -3.53. The number of hydrogen-bond donors (Lipinski definition) is 1. The predicted molar refractivity (Wildman–Crippen MR) is 90.5 cm³/mol. The lowest BCUT2D eigenvalue weighted by molar-refractivity contribution is 0.590. The van der Waals surface area contributed by atoms with Gasteiger partial charge in [-0.25, -0.2) is 17.8 Å². The summed E-state index contributed by atoms with van der Waals surface area (Å²) in [6, 6.07) is 13.1. The number of hydrogen-bond acceptors (Lipinski definition) is 5. The molecule has 2 aromatic heterocycles. The number of nitrogens with zero attached hydrogens (tertiary/aromatic N) is 3. The van der Waals surface area contributed by atoms with Crippen molar-refractivity contribution in [1.82, 2.24) is 19.7 Å². The lowest BCUT2D eigenvalue weighted by atomic mass is 10.2. The van der Waals surface area contributed by atoms with Gasteiger partial charge in [0.15, 0.2) is 0 Å². The van der Waals surface area contributed by atoms with E-state index in [1.807, 2.05) is 47.8 Å².